The van der Waals surface area contributed by atoms with E-state index in [4.69, 9.17) is 13.9 Å². The molecule has 0 amide bonds. The van der Waals surface area contributed by atoms with Crippen LogP contribution in [0.3, 0.4) is 0 Å². The van der Waals surface area contributed by atoms with Crippen molar-refractivity contribution in [2.24, 2.45) is 0 Å². The van der Waals surface area contributed by atoms with Crippen molar-refractivity contribution in [3.63, 3.8) is 0 Å². The van der Waals surface area contributed by atoms with Crippen LogP contribution in [0.25, 0.3) is 22.1 Å². The van der Waals surface area contributed by atoms with Gasteiger partial charge in [0.1, 0.15) is 17.1 Å². The number of benzene rings is 3. The molecular weight excluding hydrogens is 392 g/mol. The van der Waals surface area contributed by atoms with Crippen LogP contribution in [-0.4, -0.2) is 13.1 Å². The summed E-state index contributed by atoms with van der Waals surface area (Å²) in [6.45, 7) is 1.95. The Kier molecular flexibility index (Phi) is 4.59. The Labute approximate surface area is 178 Å². The lowest BCUT2D eigenvalue weighted by atomic mass is 9.82. The minimum Gasteiger partial charge on any atom is -0.497 e. The zero-order valence-electron chi connectivity index (χ0n) is 17.2. The summed E-state index contributed by atoms with van der Waals surface area (Å²) in [4.78, 5) is 24.9. The monoisotopic (exact) mass is 412 g/mol. The van der Waals surface area contributed by atoms with Crippen molar-refractivity contribution in [3.8, 4) is 22.6 Å². The Hall–Kier alpha value is -3.86. The van der Waals surface area contributed by atoms with E-state index < -0.39 is 5.63 Å². The van der Waals surface area contributed by atoms with Gasteiger partial charge in [-0.2, -0.15) is 0 Å². The molecule has 4 aromatic rings. The van der Waals surface area contributed by atoms with E-state index >= 15 is 0 Å². The SMILES string of the molecule is COc1ccc([C@@H]2CC(=O)Oc3c2c(C)cc2oc(=O)cc(-c4ccccc4)c32)cc1. The smallest absolute Gasteiger partial charge is 0.336 e. The number of aryl methyl sites for hydroxylation is 1. The molecule has 0 saturated carbocycles. The van der Waals surface area contributed by atoms with Crippen molar-refractivity contribution in [2.45, 2.75) is 19.3 Å². The van der Waals surface area contributed by atoms with Gasteiger partial charge in [-0.15, -0.1) is 0 Å². The summed E-state index contributed by atoms with van der Waals surface area (Å²) in [5, 5.41) is 0.637. The summed E-state index contributed by atoms with van der Waals surface area (Å²) >= 11 is 0. The second kappa shape index (κ2) is 7.43. The lowest BCUT2D eigenvalue weighted by molar-refractivity contribution is -0.135. The van der Waals surface area contributed by atoms with Crippen LogP contribution >= 0.6 is 0 Å². The quantitative estimate of drug-likeness (QED) is 0.262. The number of ether oxygens (including phenoxy) is 2. The molecule has 0 spiro atoms. The predicted octanol–water partition coefficient (Wildman–Crippen LogP) is 5.22. The Morgan fingerprint density at radius 1 is 0.968 bits per heavy atom. The van der Waals surface area contributed by atoms with Gasteiger partial charge in [0.25, 0.3) is 0 Å². The van der Waals surface area contributed by atoms with Gasteiger partial charge in [-0.05, 0) is 41.8 Å². The number of esters is 1. The van der Waals surface area contributed by atoms with Crippen LogP contribution in [0.4, 0.5) is 0 Å². The molecule has 2 heterocycles. The Balaban J connectivity index is 1.81. The maximum Gasteiger partial charge on any atom is 0.336 e. The fraction of sp³-hybridized carbons (Fsp3) is 0.154. The molecule has 0 unspecified atom stereocenters. The normalized spacial score (nSPS) is 15.4. The van der Waals surface area contributed by atoms with Gasteiger partial charge in [-0.3, -0.25) is 4.79 Å². The number of hydrogen-bond acceptors (Lipinski definition) is 5. The zero-order chi connectivity index (χ0) is 21.5. The van der Waals surface area contributed by atoms with Crippen LogP contribution in [0, 0.1) is 6.92 Å². The summed E-state index contributed by atoms with van der Waals surface area (Å²) in [5.41, 5.74) is 4.35. The summed E-state index contributed by atoms with van der Waals surface area (Å²) < 4.78 is 16.6. The van der Waals surface area contributed by atoms with Crippen molar-refractivity contribution in [1.82, 2.24) is 0 Å². The molecule has 3 aromatic carbocycles. The van der Waals surface area contributed by atoms with E-state index in [9.17, 15) is 9.59 Å². The fourth-order valence-corrected chi connectivity index (χ4v) is 4.37. The highest BCUT2D eigenvalue weighted by Gasteiger charge is 2.33. The van der Waals surface area contributed by atoms with Crippen molar-refractivity contribution in [1.29, 1.82) is 0 Å². The minimum absolute atomic E-state index is 0.165. The van der Waals surface area contributed by atoms with E-state index in [2.05, 4.69) is 0 Å². The van der Waals surface area contributed by atoms with Gasteiger partial charge in [0.15, 0.2) is 0 Å². The van der Waals surface area contributed by atoms with Gasteiger partial charge in [-0.1, -0.05) is 42.5 Å². The molecular formula is C26H20O5. The average Bonchev–Trinajstić information content (AvgIpc) is 2.78. The molecule has 154 valence electrons. The molecule has 0 radical (unpaired) electrons. The van der Waals surface area contributed by atoms with Crippen molar-refractivity contribution in [2.75, 3.05) is 7.11 Å². The number of rotatable bonds is 3. The largest absolute Gasteiger partial charge is 0.497 e. The minimum atomic E-state index is -0.445. The van der Waals surface area contributed by atoms with Gasteiger partial charge in [0.2, 0.25) is 0 Å². The second-order valence-electron chi connectivity index (χ2n) is 7.66. The molecule has 0 bridgehead atoms. The number of carbonyl (C=O) groups is 1. The Bertz CT molecular complexity index is 1350. The number of methoxy groups -OCH3 is 1. The molecule has 5 heteroatoms. The highest BCUT2D eigenvalue weighted by atomic mass is 16.5. The molecule has 5 rings (SSSR count). The molecule has 5 nitrogen and oxygen atoms in total. The number of hydrogen-bond donors (Lipinski definition) is 0. The topological polar surface area (TPSA) is 65.7 Å². The van der Waals surface area contributed by atoms with E-state index in [-0.39, 0.29) is 18.3 Å². The lowest BCUT2D eigenvalue weighted by Crippen LogP contribution is -2.22. The summed E-state index contributed by atoms with van der Waals surface area (Å²) in [6.07, 6.45) is 0.239. The second-order valence-corrected chi connectivity index (χ2v) is 7.66. The third kappa shape index (κ3) is 3.28. The molecule has 1 atom stereocenters. The summed E-state index contributed by atoms with van der Waals surface area (Å²) in [5.74, 6) is 0.743. The molecule has 0 N–H and O–H groups in total. The van der Waals surface area contributed by atoms with E-state index in [0.717, 1.165) is 28.0 Å². The van der Waals surface area contributed by atoms with E-state index in [1.807, 2.05) is 67.6 Å². The van der Waals surface area contributed by atoms with E-state index in [1.165, 1.54) is 6.07 Å². The molecule has 31 heavy (non-hydrogen) atoms. The molecule has 0 saturated heterocycles. The first kappa shape index (κ1) is 19.1. The standard InChI is InChI=1S/C26H20O5/c1-15-12-21-25(20(14-22(27)30-21)16-6-4-3-5-7-16)26-24(15)19(13-23(28)31-26)17-8-10-18(29-2)11-9-17/h3-12,14,19H,13H2,1-2H3/t19-/m0/s1. The van der Waals surface area contributed by atoms with Crippen LogP contribution in [0.2, 0.25) is 0 Å². The van der Waals surface area contributed by atoms with Crippen LogP contribution < -0.4 is 15.1 Å². The van der Waals surface area contributed by atoms with Crippen molar-refractivity contribution < 1.29 is 18.7 Å². The molecule has 0 aliphatic carbocycles. The maximum atomic E-state index is 12.7. The number of carbonyl (C=O) groups excluding carboxylic acids is 1. The van der Waals surface area contributed by atoms with Crippen molar-refractivity contribution >= 4 is 16.9 Å². The van der Waals surface area contributed by atoms with Crippen LogP contribution in [0.1, 0.15) is 29.0 Å². The fourth-order valence-electron chi connectivity index (χ4n) is 4.37. The maximum absolute atomic E-state index is 12.7. The third-order valence-corrected chi connectivity index (χ3v) is 5.77. The molecule has 1 aliphatic heterocycles. The van der Waals surface area contributed by atoms with Crippen molar-refractivity contribution in [3.05, 3.63) is 93.8 Å². The summed E-state index contributed by atoms with van der Waals surface area (Å²) in [6, 6.07) is 20.6. The molecule has 1 aliphatic rings. The first-order valence-electron chi connectivity index (χ1n) is 10.1. The lowest BCUT2D eigenvalue weighted by Gasteiger charge is -2.28. The van der Waals surface area contributed by atoms with E-state index in [1.54, 1.807) is 7.11 Å². The van der Waals surface area contributed by atoms with Gasteiger partial charge in [0, 0.05) is 23.1 Å². The first-order chi connectivity index (χ1) is 15.0. The Morgan fingerprint density at radius 2 is 1.71 bits per heavy atom. The highest BCUT2D eigenvalue weighted by Crippen LogP contribution is 2.47. The van der Waals surface area contributed by atoms with Gasteiger partial charge < -0.3 is 13.9 Å². The average molecular weight is 412 g/mol. The van der Waals surface area contributed by atoms with Crippen LogP contribution in [0.15, 0.2) is 75.9 Å². The van der Waals surface area contributed by atoms with Gasteiger partial charge in [-0.25, -0.2) is 4.79 Å². The third-order valence-electron chi connectivity index (χ3n) is 5.77. The highest BCUT2D eigenvalue weighted by molar-refractivity contribution is 6.01. The first-order valence-corrected chi connectivity index (χ1v) is 10.1. The van der Waals surface area contributed by atoms with Gasteiger partial charge >= 0.3 is 11.6 Å². The van der Waals surface area contributed by atoms with Crippen LogP contribution in [-0.2, 0) is 4.79 Å². The molecule has 1 aromatic heterocycles. The molecule has 0 fully saturated rings. The van der Waals surface area contributed by atoms with Crippen LogP contribution in [0.5, 0.6) is 11.5 Å². The zero-order valence-corrected chi connectivity index (χ0v) is 17.2. The number of fused-ring (bicyclic) bond motifs is 3. The van der Waals surface area contributed by atoms with E-state index in [0.29, 0.717) is 22.3 Å². The predicted molar refractivity (Wildman–Crippen MR) is 118 cm³/mol. The van der Waals surface area contributed by atoms with Gasteiger partial charge in [0.05, 0.1) is 18.9 Å². The Morgan fingerprint density at radius 3 is 2.42 bits per heavy atom. The summed E-state index contributed by atoms with van der Waals surface area (Å²) in [7, 11) is 1.62.